The summed E-state index contributed by atoms with van der Waals surface area (Å²) in [5.74, 6) is -0.275. The molecule has 1 aliphatic rings. The van der Waals surface area contributed by atoms with Crippen LogP contribution in [-0.2, 0) is 4.79 Å². The lowest BCUT2D eigenvalue weighted by Crippen LogP contribution is -2.24. The van der Waals surface area contributed by atoms with Crippen LogP contribution in [0.25, 0.3) is 0 Å². The SMILES string of the molecule is [CH]C(=O)N1CCCC1. The van der Waals surface area contributed by atoms with E-state index in [0.29, 0.717) is 0 Å². The molecule has 0 aromatic heterocycles. The molecule has 0 unspecified atom stereocenters. The van der Waals surface area contributed by atoms with Gasteiger partial charge in [-0.15, -0.1) is 0 Å². The predicted octanol–water partition coefficient (Wildman–Crippen LogP) is 0.320. The quantitative estimate of drug-likeness (QED) is 0.441. The molecule has 1 saturated heterocycles. The smallest absolute Gasteiger partial charge is 0.227 e. The van der Waals surface area contributed by atoms with Crippen LogP contribution >= 0.6 is 0 Å². The molecule has 0 aliphatic carbocycles. The molecule has 0 spiro atoms. The first-order valence-corrected chi connectivity index (χ1v) is 2.85. The Balaban J connectivity index is 2.35. The van der Waals surface area contributed by atoms with Crippen molar-refractivity contribution < 1.29 is 4.79 Å². The van der Waals surface area contributed by atoms with Crippen molar-refractivity contribution >= 4 is 5.91 Å². The maximum absolute atomic E-state index is 10.3. The second-order valence-electron chi connectivity index (χ2n) is 2.03. The van der Waals surface area contributed by atoms with Crippen molar-refractivity contribution in [1.82, 2.24) is 4.90 Å². The summed E-state index contributed by atoms with van der Waals surface area (Å²) in [6, 6.07) is 0. The topological polar surface area (TPSA) is 20.3 Å². The van der Waals surface area contributed by atoms with Crippen molar-refractivity contribution in [3.05, 3.63) is 6.92 Å². The van der Waals surface area contributed by atoms with Gasteiger partial charge in [0.1, 0.15) is 0 Å². The molecule has 2 nitrogen and oxygen atoms in total. The van der Waals surface area contributed by atoms with Gasteiger partial charge in [0, 0.05) is 13.1 Å². The van der Waals surface area contributed by atoms with Crippen LogP contribution in [0.15, 0.2) is 0 Å². The lowest BCUT2D eigenvalue weighted by Gasteiger charge is -2.09. The molecule has 1 amide bonds. The highest BCUT2D eigenvalue weighted by Gasteiger charge is 2.12. The summed E-state index contributed by atoms with van der Waals surface area (Å²) in [6.45, 7) is 6.70. The average molecular weight is 111 g/mol. The van der Waals surface area contributed by atoms with Crippen LogP contribution in [0.4, 0.5) is 0 Å². The van der Waals surface area contributed by atoms with E-state index in [-0.39, 0.29) is 5.91 Å². The Kier molecular flexibility index (Phi) is 1.51. The molecule has 1 rings (SSSR count). The fraction of sp³-hybridized carbons (Fsp3) is 0.667. The molecule has 0 N–H and O–H groups in total. The summed E-state index contributed by atoms with van der Waals surface area (Å²) in [5.41, 5.74) is 0. The molecular formula is C6H9NO. The zero-order valence-electron chi connectivity index (χ0n) is 4.76. The minimum Gasteiger partial charge on any atom is -0.342 e. The van der Waals surface area contributed by atoms with Crippen LogP contribution in [0.3, 0.4) is 0 Å². The number of carbonyl (C=O) groups excluding carboxylic acids is 1. The maximum Gasteiger partial charge on any atom is 0.227 e. The molecule has 8 heavy (non-hydrogen) atoms. The van der Waals surface area contributed by atoms with Gasteiger partial charge in [-0.2, -0.15) is 0 Å². The van der Waals surface area contributed by atoms with E-state index < -0.39 is 0 Å². The van der Waals surface area contributed by atoms with Gasteiger partial charge in [-0.1, -0.05) is 0 Å². The van der Waals surface area contributed by atoms with E-state index in [1.54, 1.807) is 4.90 Å². The van der Waals surface area contributed by atoms with Gasteiger partial charge in [-0.25, -0.2) is 0 Å². The van der Waals surface area contributed by atoms with E-state index in [4.69, 9.17) is 6.92 Å². The van der Waals surface area contributed by atoms with Gasteiger partial charge < -0.3 is 4.90 Å². The van der Waals surface area contributed by atoms with Gasteiger partial charge in [0.05, 0.1) is 6.92 Å². The second-order valence-corrected chi connectivity index (χ2v) is 2.03. The van der Waals surface area contributed by atoms with Crippen LogP contribution < -0.4 is 0 Å². The Hall–Kier alpha value is -0.530. The molecule has 44 valence electrons. The minimum atomic E-state index is -0.275. The van der Waals surface area contributed by atoms with Gasteiger partial charge in [0.15, 0.2) is 0 Å². The van der Waals surface area contributed by atoms with E-state index >= 15 is 0 Å². The highest BCUT2D eigenvalue weighted by atomic mass is 16.2. The Morgan fingerprint density at radius 3 is 2.12 bits per heavy atom. The van der Waals surface area contributed by atoms with Crippen LogP contribution in [0.2, 0.25) is 0 Å². The van der Waals surface area contributed by atoms with Crippen molar-refractivity contribution in [3.63, 3.8) is 0 Å². The summed E-state index contributed by atoms with van der Waals surface area (Å²) in [5, 5.41) is 0. The minimum absolute atomic E-state index is 0.275. The summed E-state index contributed by atoms with van der Waals surface area (Å²) in [7, 11) is 0. The molecule has 1 fully saturated rings. The van der Waals surface area contributed by atoms with Gasteiger partial charge in [-0.05, 0) is 12.8 Å². The molecule has 1 aliphatic heterocycles. The largest absolute Gasteiger partial charge is 0.342 e. The van der Waals surface area contributed by atoms with Crippen molar-refractivity contribution in [2.45, 2.75) is 12.8 Å². The first kappa shape index (κ1) is 5.60. The van der Waals surface area contributed by atoms with E-state index in [1.165, 1.54) is 0 Å². The summed E-state index contributed by atoms with van der Waals surface area (Å²) in [4.78, 5) is 12.0. The molecule has 2 radical (unpaired) electrons. The predicted molar refractivity (Wildman–Crippen MR) is 30.1 cm³/mol. The fourth-order valence-corrected chi connectivity index (χ4v) is 0.938. The normalized spacial score (nSPS) is 19.4. The van der Waals surface area contributed by atoms with Gasteiger partial charge in [0.2, 0.25) is 5.91 Å². The standard InChI is InChI=1S/C6H9NO/c1-6(8)7-4-2-3-5-7/h1H,2-5H2. The number of amides is 1. The average Bonchev–Trinajstić information content (AvgIpc) is 2.12. The number of nitrogens with zero attached hydrogens (tertiary/aromatic N) is 1. The fourth-order valence-electron chi connectivity index (χ4n) is 0.938. The van der Waals surface area contributed by atoms with Crippen molar-refractivity contribution in [1.29, 1.82) is 0 Å². The van der Waals surface area contributed by atoms with E-state index in [2.05, 4.69) is 0 Å². The molecule has 0 saturated carbocycles. The molecule has 2 heteroatoms. The maximum atomic E-state index is 10.3. The van der Waals surface area contributed by atoms with Crippen LogP contribution in [0, 0.1) is 6.92 Å². The van der Waals surface area contributed by atoms with Crippen molar-refractivity contribution in [2.24, 2.45) is 0 Å². The molecule has 0 aromatic carbocycles. The van der Waals surface area contributed by atoms with Crippen molar-refractivity contribution in [3.8, 4) is 0 Å². The third-order valence-electron chi connectivity index (χ3n) is 1.42. The second kappa shape index (κ2) is 2.16. The zero-order valence-corrected chi connectivity index (χ0v) is 4.76. The molecule has 0 aromatic rings. The summed E-state index contributed by atoms with van der Waals surface area (Å²) < 4.78 is 0. The Morgan fingerprint density at radius 1 is 1.38 bits per heavy atom. The first-order chi connectivity index (χ1) is 3.80. The van der Waals surface area contributed by atoms with E-state index in [1.807, 2.05) is 0 Å². The third-order valence-corrected chi connectivity index (χ3v) is 1.42. The highest BCUT2D eigenvalue weighted by molar-refractivity contribution is 5.80. The first-order valence-electron chi connectivity index (χ1n) is 2.85. The summed E-state index contributed by atoms with van der Waals surface area (Å²) >= 11 is 0. The highest BCUT2D eigenvalue weighted by Crippen LogP contribution is 2.05. The van der Waals surface area contributed by atoms with Crippen molar-refractivity contribution in [2.75, 3.05) is 13.1 Å². The Morgan fingerprint density at radius 2 is 1.88 bits per heavy atom. The lowest BCUT2D eigenvalue weighted by molar-refractivity contribution is -0.125. The molecular weight excluding hydrogens is 102 g/mol. The number of hydrogen-bond donors (Lipinski definition) is 0. The third kappa shape index (κ3) is 0.997. The number of carbonyl (C=O) groups is 1. The molecule has 0 atom stereocenters. The zero-order chi connectivity index (χ0) is 5.98. The molecule has 1 heterocycles. The monoisotopic (exact) mass is 111 g/mol. The van der Waals surface area contributed by atoms with Gasteiger partial charge >= 0.3 is 0 Å². The number of hydrogen-bond acceptors (Lipinski definition) is 1. The summed E-state index contributed by atoms with van der Waals surface area (Å²) in [6.07, 6.45) is 2.23. The Labute approximate surface area is 49.5 Å². The number of rotatable bonds is 0. The Bertz CT molecular complexity index is 94.7. The number of likely N-dealkylation sites (tertiary alicyclic amines) is 1. The lowest BCUT2D eigenvalue weighted by atomic mass is 10.4. The van der Waals surface area contributed by atoms with Crippen LogP contribution in [0.1, 0.15) is 12.8 Å². The van der Waals surface area contributed by atoms with Gasteiger partial charge in [-0.3, -0.25) is 4.79 Å². The van der Waals surface area contributed by atoms with Crippen LogP contribution in [0.5, 0.6) is 0 Å². The van der Waals surface area contributed by atoms with Gasteiger partial charge in [0.25, 0.3) is 0 Å². The van der Waals surface area contributed by atoms with E-state index in [0.717, 1.165) is 25.9 Å². The van der Waals surface area contributed by atoms with E-state index in [9.17, 15) is 4.79 Å². The van der Waals surface area contributed by atoms with Crippen LogP contribution in [-0.4, -0.2) is 23.9 Å². The molecule has 0 bridgehead atoms.